The van der Waals surface area contributed by atoms with Gasteiger partial charge in [-0.2, -0.15) is 5.26 Å². The predicted molar refractivity (Wildman–Crippen MR) is 91.6 cm³/mol. The van der Waals surface area contributed by atoms with Gasteiger partial charge in [0.25, 0.3) is 5.91 Å². The van der Waals surface area contributed by atoms with E-state index >= 15 is 0 Å². The Kier molecular flexibility index (Phi) is 6.22. The largest absolute Gasteiger partial charge is 0.389 e. The smallest absolute Gasteiger partial charge is 0.265 e. The predicted octanol–water partition coefficient (Wildman–Crippen LogP) is 2.79. The van der Waals surface area contributed by atoms with E-state index in [4.69, 9.17) is 0 Å². The summed E-state index contributed by atoms with van der Waals surface area (Å²) in [6.07, 6.45) is 4.47. The molecule has 0 saturated carbocycles. The summed E-state index contributed by atoms with van der Waals surface area (Å²) in [5.41, 5.74) is 2.68. The summed E-state index contributed by atoms with van der Waals surface area (Å²) in [5, 5.41) is 12.3. The highest BCUT2D eigenvalue weighted by atomic mass is 16.2. The fourth-order valence-corrected chi connectivity index (χ4v) is 2.67. The molecule has 1 aliphatic heterocycles. The lowest BCUT2D eigenvalue weighted by Gasteiger charge is -2.30. The minimum atomic E-state index is -0.151. The summed E-state index contributed by atoms with van der Waals surface area (Å²) < 4.78 is 0. The van der Waals surface area contributed by atoms with Crippen LogP contribution in [0.4, 0.5) is 0 Å². The molecular formula is C19H25N3O. The van der Waals surface area contributed by atoms with Crippen LogP contribution < -0.4 is 5.32 Å². The first kappa shape index (κ1) is 17.1. The SMILES string of the molecule is Cc1ccc(CCN/C=C(/C#N)C(=O)N2CCC(C)CC2)cc1. The number of nitrogens with one attached hydrogen (secondary N) is 1. The van der Waals surface area contributed by atoms with E-state index in [-0.39, 0.29) is 11.5 Å². The normalized spacial score (nSPS) is 16.0. The molecule has 23 heavy (non-hydrogen) atoms. The van der Waals surface area contributed by atoms with Crippen LogP contribution in [0, 0.1) is 24.2 Å². The van der Waals surface area contributed by atoms with Crippen molar-refractivity contribution < 1.29 is 4.79 Å². The standard InChI is InChI=1S/C19H25N3O/c1-15-3-5-17(6-4-15)7-10-21-14-18(13-20)19(23)22-11-8-16(2)9-12-22/h3-6,14,16,21H,7-12H2,1-2H3/b18-14-. The van der Waals surface area contributed by atoms with Gasteiger partial charge in [-0.3, -0.25) is 4.79 Å². The Bertz CT molecular complexity index is 590. The van der Waals surface area contributed by atoms with Crippen LogP contribution in [-0.2, 0) is 11.2 Å². The van der Waals surface area contributed by atoms with Crippen molar-refractivity contribution >= 4 is 5.91 Å². The lowest BCUT2D eigenvalue weighted by Crippen LogP contribution is -2.38. The Morgan fingerprint density at radius 2 is 2.00 bits per heavy atom. The molecule has 1 saturated heterocycles. The van der Waals surface area contributed by atoms with Gasteiger partial charge in [0.2, 0.25) is 0 Å². The number of amides is 1. The third kappa shape index (κ3) is 5.14. The topological polar surface area (TPSA) is 56.1 Å². The van der Waals surface area contributed by atoms with E-state index in [0.29, 0.717) is 12.5 Å². The molecule has 0 atom stereocenters. The molecule has 4 nitrogen and oxygen atoms in total. The zero-order valence-corrected chi connectivity index (χ0v) is 14.0. The second-order valence-corrected chi connectivity index (χ2v) is 6.33. The molecular weight excluding hydrogens is 286 g/mol. The molecule has 0 bridgehead atoms. The molecule has 2 rings (SSSR count). The van der Waals surface area contributed by atoms with Crippen molar-refractivity contribution in [3.8, 4) is 6.07 Å². The molecule has 0 radical (unpaired) electrons. The molecule has 1 fully saturated rings. The molecule has 0 aromatic heterocycles. The van der Waals surface area contributed by atoms with E-state index in [9.17, 15) is 10.1 Å². The van der Waals surface area contributed by atoms with E-state index in [1.165, 1.54) is 11.1 Å². The summed E-state index contributed by atoms with van der Waals surface area (Å²) in [5.74, 6) is 0.517. The summed E-state index contributed by atoms with van der Waals surface area (Å²) in [7, 11) is 0. The zero-order valence-electron chi connectivity index (χ0n) is 14.0. The Labute approximate surface area is 138 Å². The third-order valence-corrected chi connectivity index (χ3v) is 4.35. The lowest BCUT2D eigenvalue weighted by molar-refractivity contribution is -0.128. The van der Waals surface area contributed by atoms with Crippen molar-refractivity contribution in [1.82, 2.24) is 10.2 Å². The number of hydrogen-bond acceptors (Lipinski definition) is 3. The molecule has 1 aromatic carbocycles. The highest BCUT2D eigenvalue weighted by Gasteiger charge is 2.22. The molecule has 1 amide bonds. The maximum absolute atomic E-state index is 12.3. The van der Waals surface area contributed by atoms with Gasteiger partial charge >= 0.3 is 0 Å². The molecule has 1 heterocycles. The van der Waals surface area contributed by atoms with Crippen LogP contribution in [0.5, 0.6) is 0 Å². The van der Waals surface area contributed by atoms with Gasteiger partial charge in [0.1, 0.15) is 11.6 Å². The van der Waals surface area contributed by atoms with Crippen LogP contribution in [0.1, 0.15) is 30.9 Å². The minimum Gasteiger partial charge on any atom is -0.389 e. The molecule has 0 aliphatic carbocycles. The minimum absolute atomic E-state index is 0.151. The first-order valence-corrected chi connectivity index (χ1v) is 8.28. The summed E-state index contributed by atoms with van der Waals surface area (Å²) in [6.45, 7) is 6.48. The second-order valence-electron chi connectivity index (χ2n) is 6.33. The second kappa shape index (κ2) is 8.38. The average Bonchev–Trinajstić information content (AvgIpc) is 2.57. The van der Waals surface area contributed by atoms with Crippen molar-refractivity contribution in [3.05, 3.63) is 47.2 Å². The highest BCUT2D eigenvalue weighted by molar-refractivity contribution is 5.97. The van der Waals surface area contributed by atoms with Gasteiger partial charge in [-0.25, -0.2) is 0 Å². The van der Waals surface area contributed by atoms with E-state index in [2.05, 4.69) is 43.4 Å². The van der Waals surface area contributed by atoms with Gasteiger partial charge in [0, 0.05) is 25.8 Å². The Morgan fingerprint density at radius 3 is 2.61 bits per heavy atom. The van der Waals surface area contributed by atoms with Crippen LogP contribution in [0.15, 0.2) is 36.0 Å². The van der Waals surface area contributed by atoms with Gasteiger partial charge in [0.15, 0.2) is 0 Å². The van der Waals surface area contributed by atoms with Crippen molar-refractivity contribution in [3.63, 3.8) is 0 Å². The summed E-state index contributed by atoms with van der Waals surface area (Å²) in [6, 6.07) is 10.4. The summed E-state index contributed by atoms with van der Waals surface area (Å²) >= 11 is 0. The highest BCUT2D eigenvalue weighted by Crippen LogP contribution is 2.17. The van der Waals surface area contributed by atoms with Gasteiger partial charge in [-0.05, 0) is 37.7 Å². The third-order valence-electron chi connectivity index (χ3n) is 4.35. The number of piperidine rings is 1. The maximum Gasteiger partial charge on any atom is 0.265 e. The Hall–Kier alpha value is -2.28. The van der Waals surface area contributed by atoms with Crippen molar-refractivity contribution in [2.75, 3.05) is 19.6 Å². The van der Waals surface area contributed by atoms with Gasteiger partial charge in [-0.15, -0.1) is 0 Å². The van der Waals surface area contributed by atoms with Crippen molar-refractivity contribution in [1.29, 1.82) is 5.26 Å². The zero-order chi connectivity index (χ0) is 16.7. The Morgan fingerprint density at radius 1 is 1.35 bits per heavy atom. The van der Waals surface area contributed by atoms with Crippen molar-refractivity contribution in [2.45, 2.75) is 33.1 Å². The fraction of sp³-hybridized carbons (Fsp3) is 0.474. The first-order chi connectivity index (χ1) is 11.1. The number of aryl methyl sites for hydroxylation is 1. The molecule has 1 aliphatic rings. The lowest BCUT2D eigenvalue weighted by atomic mass is 9.99. The molecule has 4 heteroatoms. The number of hydrogen-bond donors (Lipinski definition) is 1. The van der Waals surface area contributed by atoms with Crippen LogP contribution in [0.3, 0.4) is 0 Å². The maximum atomic E-state index is 12.3. The van der Waals surface area contributed by atoms with E-state index in [1.54, 1.807) is 11.1 Å². The number of benzene rings is 1. The average molecular weight is 311 g/mol. The van der Waals surface area contributed by atoms with E-state index < -0.39 is 0 Å². The van der Waals surface area contributed by atoms with Crippen LogP contribution in [0.2, 0.25) is 0 Å². The van der Waals surface area contributed by atoms with Gasteiger partial charge in [0.05, 0.1) is 0 Å². The monoisotopic (exact) mass is 311 g/mol. The van der Waals surface area contributed by atoms with E-state index in [0.717, 1.165) is 32.4 Å². The van der Waals surface area contributed by atoms with Crippen LogP contribution in [0.25, 0.3) is 0 Å². The number of likely N-dealkylation sites (tertiary alicyclic amines) is 1. The number of nitrogens with zero attached hydrogens (tertiary/aromatic N) is 2. The molecule has 122 valence electrons. The number of nitriles is 1. The molecule has 0 unspecified atom stereocenters. The molecule has 1 aromatic rings. The first-order valence-electron chi connectivity index (χ1n) is 8.28. The molecule has 0 spiro atoms. The molecule has 1 N–H and O–H groups in total. The van der Waals surface area contributed by atoms with Crippen LogP contribution in [-0.4, -0.2) is 30.4 Å². The number of carbonyl (C=O) groups excluding carboxylic acids is 1. The fourth-order valence-electron chi connectivity index (χ4n) is 2.67. The van der Waals surface area contributed by atoms with Gasteiger partial charge < -0.3 is 10.2 Å². The summed E-state index contributed by atoms with van der Waals surface area (Å²) in [4.78, 5) is 14.1. The Balaban J connectivity index is 1.83. The van der Waals surface area contributed by atoms with Gasteiger partial charge in [-0.1, -0.05) is 36.8 Å². The van der Waals surface area contributed by atoms with Crippen LogP contribution >= 0.6 is 0 Å². The number of carbonyl (C=O) groups is 1. The number of rotatable bonds is 5. The van der Waals surface area contributed by atoms with Crippen molar-refractivity contribution in [2.24, 2.45) is 5.92 Å². The quantitative estimate of drug-likeness (QED) is 0.517. The van der Waals surface area contributed by atoms with E-state index in [1.807, 2.05) is 6.07 Å².